The van der Waals surface area contributed by atoms with Crippen LogP contribution in [0.4, 0.5) is 4.39 Å². The van der Waals surface area contributed by atoms with Crippen LogP contribution in [0.25, 0.3) is 0 Å². The van der Waals surface area contributed by atoms with Gasteiger partial charge in [-0.2, -0.15) is 4.31 Å². The lowest BCUT2D eigenvalue weighted by atomic mass is 9.90. The summed E-state index contributed by atoms with van der Waals surface area (Å²) < 4.78 is 40.1. The van der Waals surface area contributed by atoms with Crippen LogP contribution >= 0.6 is 11.6 Å². The molecule has 1 aromatic carbocycles. The van der Waals surface area contributed by atoms with Crippen LogP contribution in [0.2, 0.25) is 0 Å². The standard InChI is InChI=1S/C14H19ClFNO2S/c1-10-5-6-17(9-11(10)2)20(18,19)13-3-4-14(16)12(7-13)8-15/h3-4,7,10-11H,5-6,8-9H2,1-2H3. The maximum Gasteiger partial charge on any atom is 0.243 e. The van der Waals surface area contributed by atoms with Gasteiger partial charge in [-0.05, 0) is 36.5 Å². The van der Waals surface area contributed by atoms with Gasteiger partial charge in [-0.3, -0.25) is 0 Å². The first-order valence-electron chi connectivity index (χ1n) is 6.70. The van der Waals surface area contributed by atoms with Gasteiger partial charge in [0.15, 0.2) is 0 Å². The predicted molar refractivity (Wildman–Crippen MR) is 77.7 cm³/mol. The molecule has 0 spiro atoms. The number of hydrogen-bond acceptors (Lipinski definition) is 2. The fourth-order valence-electron chi connectivity index (χ4n) is 2.41. The molecular formula is C14H19ClFNO2S. The lowest BCUT2D eigenvalue weighted by molar-refractivity contribution is 0.212. The van der Waals surface area contributed by atoms with Gasteiger partial charge in [-0.25, -0.2) is 12.8 Å². The Labute approximate surface area is 124 Å². The minimum atomic E-state index is -3.56. The second kappa shape index (κ2) is 6.00. The third-order valence-electron chi connectivity index (χ3n) is 4.10. The van der Waals surface area contributed by atoms with Crippen molar-refractivity contribution in [2.75, 3.05) is 13.1 Å². The second-order valence-electron chi connectivity index (χ2n) is 5.49. The number of benzene rings is 1. The molecule has 1 heterocycles. The Hall–Kier alpha value is -0.650. The molecule has 0 aromatic heterocycles. The van der Waals surface area contributed by atoms with E-state index in [4.69, 9.17) is 11.6 Å². The zero-order valence-corrected chi connectivity index (χ0v) is 13.2. The fraction of sp³-hybridized carbons (Fsp3) is 0.571. The van der Waals surface area contributed by atoms with Crippen molar-refractivity contribution in [3.8, 4) is 0 Å². The molecule has 0 aliphatic carbocycles. The normalized spacial score (nSPS) is 24.8. The SMILES string of the molecule is CC1CCN(S(=O)(=O)c2ccc(F)c(CCl)c2)CC1C. The Morgan fingerprint density at radius 1 is 1.35 bits per heavy atom. The van der Waals surface area contributed by atoms with Crippen molar-refractivity contribution in [2.24, 2.45) is 11.8 Å². The summed E-state index contributed by atoms with van der Waals surface area (Å²) >= 11 is 5.63. The molecule has 20 heavy (non-hydrogen) atoms. The minimum Gasteiger partial charge on any atom is -0.207 e. The van der Waals surface area contributed by atoms with E-state index in [1.807, 2.05) is 0 Å². The number of nitrogens with zero attached hydrogens (tertiary/aromatic N) is 1. The molecule has 6 heteroatoms. The topological polar surface area (TPSA) is 37.4 Å². The Balaban J connectivity index is 2.31. The van der Waals surface area contributed by atoms with E-state index in [0.717, 1.165) is 6.42 Å². The van der Waals surface area contributed by atoms with Crippen LogP contribution < -0.4 is 0 Å². The highest BCUT2D eigenvalue weighted by atomic mass is 35.5. The van der Waals surface area contributed by atoms with Gasteiger partial charge >= 0.3 is 0 Å². The van der Waals surface area contributed by atoms with Crippen LogP contribution in [-0.2, 0) is 15.9 Å². The van der Waals surface area contributed by atoms with Crippen molar-refractivity contribution in [1.29, 1.82) is 0 Å². The first-order valence-corrected chi connectivity index (χ1v) is 8.68. The third kappa shape index (κ3) is 3.00. The minimum absolute atomic E-state index is 0.0391. The number of rotatable bonds is 3. The molecule has 3 nitrogen and oxygen atoms in total. The Bertz CT molecular complexity index is 591. The summed E-state index contributed by atoms with van der Waals surface area (Å²) in [5, 5.41) is 0. The third-order valence-corrected chi connectivity index (χ3v) is 6.24. The zero-order chi connectivity index (χ0) is 14.9. The summed E-state index contributed by atoms with van der Waals surface area (Å²) in [4.78, 5) is 0.122. The van der Waals surface area contributed by atoms with Gasteiger partial charge in [0.25, 0.3) is 0 Å². The van der Waals surface area contributed by atoms with Crippen LogP contribution in [0.1, 0.15) is 25.8 Å². The first-order chi connectivity index (χ1) is 9.36. The number of piperidine rings is 1. The summed E-state index contributed by atoms with van der Waals surface area (Å²) in [5.41, 5.74) is 0.214. The summed E-state index contributed by atoms with van der Waals surface area (Å²) in [6, 6.07) is 3.81. The molecule has 0 radical (unpaired) electrons. The van der Waals surface area contributed by atoms with Crippen molar-refractivity contribution in [1.82, 2.24) is 4.31 Å². The number of halogens is 2. The van der Waals surface area contributed by atoms with E-state index in [9.17, 15) is 12.8 Å². The molecule has 2 unspecified atom stereocenters. The summed E-state index contributed by atoms with van der Waals surface area (Å²) in [5.74, 6) is 0.335. The Morgan fingerprint density at radius 2 is 2.05 bits per heavy atom. The quantitative estimate of drug-likeness (QED) is 0.802. The molecular weight excluding hydrogens is 301 g/mol. The van der Waals surface area contributed by atoms with Gasteiger partial charge in [0, 0.05) is 18.7 Å². The van der Waals surface area contributed by atoms with E-state index in [1.54, 1.807) is 0 Å². The molecule has 1 fully saturated rings. The predicted octanol–water partition coefficient (Wildman–Crippen LogP) is 3.23. The molecule has 2 atom stereocenters. The Kier molecular flexibility index (Phi) is 4.72. The smallest absolute Gasteiger partial charge is 0.207 e. The Morgan fingerprint density at radius 3 is 2.65 bits per heavy atom. The second-order valence-corrected chi connectivity index (χ2v) is 7.70. The fourth-order valence-corrected chi connectivity index (χ4v) is 4.22. The van der Waals surface area contributed by atoms with Crippen molar-refractivity contribution >= 4 is 21.6 Å². The highest BCUT2D eigenvalue weighted by Gasteiger charge is 2.31. The lowest BCUT2D eigenvalue weighted by Crippen LogP contribution is -2.42. The van der Waals surface area contributed by atoms with Gasteiger partial charge in [0.1, 0.15) is 5.82 Å². The largest absolute Gasteiger partial charge is 0.243 e. The van der Waals surface area contributed by atoms with Crippen LogP contribution in [0.3, 0.4) is 0 Å². The van der Waals surface area contributed by atoms with Crippen LogP contribution in [-0.4, -0.2) is 25.8 Å². The molecule has 2 rings (SSSR count). The molecule has 0 saturated carbocycles. The van der Waals surface area contributed by atoms with Crippen molar-refractivity contribution in [2.45, 2.75) is 31.0 Å². The first kappa shape index (κ1) is 15.7. The van der Waals surface area contributed by atoms with Gasteiger partial charge in [-0.15, -0.1) is 11.6 Å². The summed E-state index contributed by atoms with van der Waals surface area (Å²) in [6.07, 6.45) is 0.851. The van der Waals surface area contributed by atoms with Gasteiger partial charge in [0.05, 0.1) is 10.8 Å². The van der Waals surface area contributed by atoms with Crippen LogP contribution in [0, 0.1) is 17.7 Å². The highest BCUT2D eigenvalue weighted by Crippen LogP contribution is 2.28. The van der Waals surface area contributed by atoms with Crippen molar-refractivity contribution < 1.29 is 12.8 Å². The van der Waals surface area contributed by atoms with Gasteiger partial charge in [0.2, 0.25) is 10.0 Å². The maximum atomic E-state index is 13.4. The molecule has 1 aliphatic heterocycles. The van der Waals surface area contributed by atoms with E-state index in [2.05, 4.69) is 13.8 Å². The van der Waals surface area contributed by atoms with Crippen LogP contribution in [0.15, 0.2) is 23.1 Å². The lowest BCUT2D eigenvalue weighted by Gasteiger charge is -2.34. The number of sulfonamides is 1. The maximum absolute atomic E-state index is 13.4. The van der Waals surface area contributed by atoms with Crippen LogP contribution in [0.5, 0.6) is 0 Å². The molecule has 0 bridgehead atoms. The van der Waals surface area contributed by atoms with E-state index in [1.165, 1.54) is 22.5 Å². The summed E-state index contributed by atoms with van der Waals surface area (Å²) in [6.45, 7) is 5.22. The monoisotopic (exact) mass is 319 g/mol. The zero-order valence-electron chi connectivity index (χ0n) is 11.6. The molecule has 1 aromatic rings. The average molecular weight is 320 g/mol. The molecule has 112 valence electrons. The van der Waals surface area contributed by atoms with E-state index in [0.29, 0.717) is 24.9 Å². The molecule has 0 amide bonds. The molecule has 0 N–H and O–H groups in total. The van der Waals surface area contributed by atoms with E-state index < -0.39 is 15.8 Å². The molecule has 1 saturated heterocycles. The van der Waals surface area contributed by atoms with E-state index >= 15 is 0 Å². The average Bonchev–Trinajstić information content (AvgIpc) is 2.42. The molecule has 1 aliphatic rings. The van der Waals surface area contributed by atoms with E-state index in [-0.39, 0.29) is 16.3 Å². The highest BCUT2D eigenvalue weighted by molar-refractivity contribution is 7.89. The summed E-state index contributed by atoms with van der Waals surface area (Å²) in [7, 11) is -3.56. The van der Waals surface area contributed by atoms with Gasteiger partial charge in [-0.1, -0.05) is 13.8 Å². The number of alkyl halides is 1. The number of hydrogen-bond donors (Lipinski definition) is 0. The van der Waals surface area contributed by atoms with Gasteiger partial charge < -0.3 is 0 Å². The van der Waals surface area contributed by atoms with Crippen molar-refractivity contribution in [3.63, 3.8) is 0 Å². The van der Waals surface area contributed by atoms with Crippen molar-refractivity contribution in [3.05, 3.63) is 29.6 Å².